The molecule has 5 aromatic rings. The summed E-state index contributed by atoms with van der Waals surface area (Å²) >= 11 is 0. The number of nitrogens with zero attached hydrogens (tertiary/aromatic N) is 4. The molecule has 3 aromatic carbocycles. The van der Waals surface area contributed by atoms with Crippen LogP contribution >= 0.6 is 7.75 Å². The van der Waals surface area contributed by atoms with Gasteiger partial charge in [-0.25, -0.2) is 18.8 Å². The van der Waals surface area contributed by atoms with E-state index in [4.69, 9.17) is 37.2 Å². The maximum absolute atomic E-state index is 15.9. The lowest BCUT2D eigenvalue weighted by Gasteiger charge is -2.46. The first kappa shape index (κ1) is 53.6. The maximum atomic E-state index is 15.9. The average Bonchev–Trinajstić information content (AvgIpc) is 3.99. The molecule has 390 valence electrons. The minimum absolute atomic E-state index is 0.0713. The van der Waals surface area contributed by atoms with Crippen LogP contribution in [0, 0.1) is 25.2 Å². The molecule has 21 heteroatoms. The van der Waals surface area contributed by atoms with Gasteiger partial charge in [0.2, 0.25) is 0 Å². The maximum Gasteiger partial charge on any atom is 0.408 e. The van der Waals surface area contributed by atoms with Crippen LogP contribution in [0.25, 0.3) is 0 Å². The largest absolute Gasteiger partial charge is 0.497 e. The van der Waals surface area contributed by atoms with Crippen molar-refractivity contribution in [1.29, 1.82) is 5.26 Å². The zero-order valence-corrected chi connectivity index (χ0v) is 44.6. The summed E-state index contributed by atoms with van der Waals surface area (Å²) < 4.78 is 72.2. The second-order valence-corrected chi connectivity index (χ2v) is 26.9. The third-order valence-electron chi connectivity index (χ3n) is 14.6. The molecule has 1 unspecified atom stereocenters. The van der Waals surface area contributed by atoms with Crippen LogP contribution in [0.1, 0.15) is 86.7 Å². The monoisotopic (exact) mass is 1040 g/mol. The number of fused-ring (bicyclic) bond motifs is 1. The molecule has 8 atom stereocenters. The van der Waals surface area contributed by atoms with Crippen LogP contribution in [0.15, 0.2) is 110 Å². The Bertz CT molecular complexity index is 3030. The SMILES string of the molecule is COc1ccc(C(O[C@@H]2CCN(P(=O)(OCCC#N)OC[C@H]3O[C@@H](n4cc(C)c(=O)[nH]c4=O)C[C@@H]3O[Si](C)(C)C(C)(C)C)[C@H]3C[C@H](n4cc(C)c(=O)[nH]c4=O)O[C@H]23)(c2ccccc2)c2ccc(OC)cc2)cc1. The molecule has 0 bridgehead atoms. The van der Waals surface area contributed by atoms with Crippen molar-refractivity contribution >= 4 is 16.1 Å². The molecule has 3 aliphatic rings. The van der Waals surface area contributed by atoms with Gasteiger partial charge in [0.15, 0.2) is 8.32 Å². The first-order valence-electron chi connectivity index (χ1n) is 24.4. The second-order valence-electron chi connectivity index (χ2n) is 20.2. The summed E-state index contributed by atoms with van der Waals surface area (Å²) in [5.74, 6) is 1.28. The van der Waals surface area contributed by atoms with Crippen molar-refractivity contribution in [3.63, 3.8) is 0 Å². The number of hydrogen-bond acceptors (Lipinski definition) is 14. The van der Waals surface area contributed by atoms with E-state index < -0.39 is 87.1 Å². The average molecular weight is 1040 g/mol. The van der Waals surface area contributed by atoms with Crippen molar-refractivity contribution in [1.82, 2.24) is 23.8 Å². The normalized spacial score (nSPS) is 23.4. The standard InChI is InChI=1S/C52H65N6O13PSi/c1-33-30-56(49(61)54-47(33)59)44-28-40-46(69-44)41(70-52(35-14-11-10-12-15-35,36-16-20-38(64-6)21-17-36)37-18-22-39(65-7)23-19-37)24-26-58(40)72(63,66-27-13-25-53)67-32-43-42(71-73(8,9)51(3,4)5)29-45(68-43)57-31-34(2)48(60)55-50(57)62/h10-12,14-23,30-31,40-46H,13,24,26-29,32H2,1-9H3,(H,54,59,61)(H,55,60,62)/t40-,41+,42-,43+,44+,45+,46-,72?/m0/s1. The van der Waals surface area contributed by atoms with Crippen LogP contribution in [0.5, 0.6) is 11.5 Å². The molecule has 19 nitrogen and oxygen atoms in total. The number of hydrogen-bond donors (Lipinski definition) is 2. The molecule has 73 heavy (non-hydrogen) atoms. The Morgan fingerprint density at radius 2 is 1.29 bits per heavy atom. The van der Waals surface area contributed by atoms with Gasteiger partial charge in [-0.15, -0.1) is 0 Å². The third kappa shape index (κ3) is 10.9. The summed E-state index contributed by atoms with van der Waals surface area (Å²) in [5, 5.41) is 9.46. The van der Waals surface area contributed by atoms with Crippen molar-refractivity contribution in [2.45, 2.75) is 127 Å². The number of nitriles is 1. The fourth-order valence-electron chi connectivity index (χ4n) is 9.61. The molecule has 2 N–H and O–H groups in total. The first-order chi connectivity index (χ1) is 34.7. The summed E-state index contributed by atoms with van der Waals surface area (Å²) in [4.78, 5) is 56.6. The number of benzene rings is 3. The van der Waals surface area contributed by atoms with Crippen LogP contribution in [0.4, 0.5) is 0 Å². The molecule has 0 amide bonds. The third-order valence-corrected chi connectivity index (χ3v) is 21.2. The van der Waals surface area contributed by atoms with Crippen LogP contribution in [-0.4, -0.2) is 96.5 Å². The van der Waals surface area contributed by atoms with E-state index in [2.05, 4.69) is 49.9 Å². The highest BCUT2D eigenvalue weighted by molar-refractivity contribution is 7.51. The molecular formula is C52H65N6O13PSi. The molecule has 5 heterocycles. The number of ether oxygens (including phenoxy) is 5. The van der Waals surface area contributed by atoms with E-state index in [-0.39, 0.29) is 56.0 Å². The number of H-pyrrole nitrogens is 2. The lowest BCUT2D eigenvalue weighted by atomic mass is 9.79. The highest BCUT2D eigenvalue weighted by Gasteiger charge is 2.56. The van der Waals surface area contributed by atoms with Gasteiger partial charge in [-0.1, -0.05) is 75.4 Å². The molecule has 8 rings (SSSR count). The van der Waals surface area contributed by atoms with Gasteiger partial charge in [0.25, 0.3) is 11.1 Å². The van der Waals surface area contributed by atoms with E-state index >= 15 is 4.57 Å². The zero-order chi connectivity index (χ0) is 52.5. The Kier molecular flexibility index (Phi) is 15.9. The summed E-state index contributed by atoms with van der Waals surface area (Å²) in [6.45, 7) is 13.2. The number of rotatable bonds is 18. The highest BCUT2D eigenvalue weighted by atomic mass is 31.2. The van der Waals surface area contributed by atoms with E-state index in [0.29, 0.717) is 17.1 Å². The molecule has 0 aliphatic carbocycles. The van der Waals surface area contributed by atoms with Crippen molar-refractivity contribution < 1.29 is 41.7 Å². The molecule has 3 aliphatic heterocycles. The zero-order valence-electron chi connectivity index (χ0n) is 42.7. The smallest absolute Gasteiger partial charge is 0.408 e. The van der Waals surface area contributed by atoms with Gasteiger partial charge in [-0.3, -0.25) is 37.7 Å². The Morgan fingerprint density at radius 1 is 0.753 bits per heavy atom. The summed E-state index contributed by atoms with van der Waals surface area (Å²) in [7, 11) is -3.77. The van der Waals surface area contributed by atoms with E-state index in [1.165, 1.54) is 21.5 Å². The van der Waals surface area contributed by atoms with Crippen LogP contribution in [0.3, 0.4) is 0 Å². The number of aromatic amines is 2. The molecule has 0 saturated carbocycles. The Labute approximate surface area is 424 Å². The fourth-order valence-corrected chi connectivity index (χ4v) is 12.9. The molecule has 3 fully saturated rings. The number of aromatic nitrogens is 4. The summed E-state index contributed by atoms with van der Waals surface area (Å²) in [6, 6.07) is 26.3. The molecular weight excluding hydrogens is 976 g/mol. The van der Waals surface area contributed by atoms with E-state index in [9.17, 15) is 24.4 Å². The Morgan fingerprint density at radius 3 is 1.81 bits per heavy atom. The van der Waals surface area contributed by atoms with Crippen LogP contribution in [0.2, 0.25) is 18.1 Å². The van der Waals surface area contributed by atoms with Crippen molar-refractivity contribution in [3.8, 4) is 17.6 Å². The van der Waals surface area contributed by atoms with Gasteiger partial charge in [-0.05, 0) is 79.4 Å². The summed E-state index contributed by atoms with van der Waals surface area (Å²) in [6.07, 6.45) is -1.76. The van der Waals surface area contributed by atoms with Gasteiger partial charge < -0.3 is 28.1 Å². The predicted molar refractivity (Wildman–Crippen MR) is 273 cm³/mol. The second kappa shape index (κ2) is 21.6. The number of piperidine rings is 1. The number of methoxy groups -OCH3 is 2. The van der Waals surface area contributed by atoms with Crippen LogP contribution in [-0.2, 0) is 37.9 Å². The minimum atomic E-state index is -4.46. The van der Waals surface area contributed by atoms with E-state index in [1.54, 1.807) is 32.7 Å². The van der Waals surface area contributed by atoms with Gasteiger partial charge in [0.05, 0.1) is 58.2 Å². The van der Waals surface area contributed by atoms with E-state index in [0.717, 1.165) is 16.7 Å². The van der Waals surface area contributed by atoms with Crippen LogP contribution < -0.4 is 32.0 Å². The van der Waals surface area contributed by atoms with Crippen molar-refractivity contribution in [2.24, 2.45) is 0 Å². The molecule has 3 saturated heterocycles. The van der Waals surface area contributed by atoms with Crippen molar-refractivity contribution in [3.05, 3.63) is 161 Å². The number of aryl methyl sites for hydroxylation is 2. The Balaban J connectivity index is 1.20. The topological polar surface area (TPSA) is 228 Å². The van der Waals surface area contributed by atoms with Gasteiger partial charge >= 0.3 is 19.1 Å². The fraction of sp³-hybridized carbons (Fsp3) is 0.481. The molecule has 0 spiro atoms. The molecule has 2 aromatic heterocycles. The lowest BCUT2D eigenvalue weighted by Crippen LogP contribution is -2.54. The van der Waals surface area contributed by atoms with Gasteiger partial charge in [0.1, 0.15) is 41.8 Å². The Hall–Kier alpha value is -5.72. The minimum Gasteiger partial charge on any atom is -0.497 e. The van der Waals surface area contributed by atoms with Gasteiger partial charge in [0, 0.05) is 42.9 Å². The predicted octanol–water partition coefficient (Wildman–Crippen LogP) is 7.19. The molecule has 0 radical (unpaired) electrons. The first-order valence-corrected chi connectivity index (χ1v) is 28.8. The number of nitrogens with one attached hydrogen (secondary N) is 2. The highest BCUT2D eigenvalue weighted by Crippen LogP contribution is 2.59. The van der Waals surface area contributed by atoms with Gasteiger partial charge in [-0.2, -0.15) is 5.26 Å². The summed E-state index contributed by atoms with van der Waals surface area (Å²) in [5.41, 5.74) is -0.775. The van der Waals surface area contributed by atoms with E-state index in [1.807, 2.05) is 78.9 Å². The lowest BCUT2D eigenvalue weighted by molar-refractivity contribution is -0.152. The quantitative estimate of drug-likeness (QED) is 0.0383. The van der Waals surface area contributed by atoms with Crippen molar-refractivity contribution in [2.75, 3.05) is 34.0 Å².